The highest BCUT2D eigenvalue weighted by Gasteiger charge is 2.12. The summed E-state index contributed by atoms with van der Waals surface area (Å²) in [5.74, 6) is -0.158. The van der Waals surface area contributed by atoms with Gasteiger partial charge in [-0.05, 0) is 25.5 Å². The van der Waals surface area contributed by atoms with Gasteiger partial charge >= 0.3 is 0 Å². The Balaban J connectivity index is 2.20. The van der Waals surface area contributed by atoms with E-state index in [1.54, 1.807) is 48.4 Å². The monoisotopic (exact) mass is 293 g/mol. The number of anilines is 1. The molecule has 0 aliphatic rings. The molecular formula is C14H16ClN3O2. The van der Waals surface area contributed by atoms with E-state index in [4.69, 9.17) is 11.6 Å². The highest BCUT2D eigenvalue weighted by Crippen LogP contribution is 2.28. The average molecular weight is 294 g/mol. The maximum Gasteiger partial charge on any atom is 0.224 e. The molecule has 1 amide bonds. The second-order valence-electron chi connectivity index (χ2n) is 4.54. The van der Waals surface area contributed by atoms with Crippen LogP contribution in [0.2, 0.25) is 5.02 Å². The van der Waals surface area contributed by atoms with Crippen LogP contribution in [0.15, 0.2) is 36.9 Å². The van der Waals surface area contributed by atoms with Crippen LogP contribution in [0.5, 0.6) is 0 Å². The van der Waals surface area contributed by atoms with Crippen molar-refractivity contribution in [2.75, 3.05) is 5.32 Å². The first-order valence-electron chi connectivity index (χ1n) is 6.32. The normalized spacial score (nSPS) is 12.2. The molecule has 1 aromatic heterocycles. The maximum atomic E-state index is 11.9. The van der Waals surface area contributed by atoms with Gasteiger partial charge in [0.1, 0.15) is 0 Å². The van der Waals surface area contributed by atoms with Gasteiger partial charge in [0.2, 0.25) is 5.91 Å². The van der Waals surface area contributed by atoms with Crippen molar-refractivity contribution in [3.63, 3.8) is 0 Å². The van der Waals surface area contributed by atoms with E-state index in [0.717, 1.165) is 0 Å². The number of nitrogens with zero attached hydrogens (tertiary/aromatic N) is 2. The van der Waals surface area contributed by atoms with Gasteiger partial charge in [-0.3, -0.25) is 4.79 Å². The van der Waals surface area contributed by atoms with E-state index in [1.807, 2.05) is 0 Å². The number of nitrogens with one attached hydrogen (secondary N) is 1. The summed E-state index contributed by atoms with van der Waals surface area (Å²) in [5.41, 5.74) is 1.29. The molecule has 1 atom stereocenters. The first-order valence-corrected chi connectivity index (χ1v) is 6.70. The number of hydrogen-bond acceptors (Lipinski definition) is 3. The van der Waals surface area contributed by atoms with E-state index in [-0.39, 0.29) is 12.3 Å². The Morgan fingerprint density at radius 3 is 3.00 bits per heavy atom. The van der Waals surface area contributed by atoms with Gasteiger partial charge in [-0.2, -0.15) is 0 Å². The fourth-order valence-corrected chi connectivity index (χ4v) is 2.09. The molecule has 0 bridgehead atoms. The van der Waals surface area contributed by atoms with E-state index >= 15 is 0 Å². The minimum absolute atomic E-state index is 0.158. The van der Waals surface area contributed by atoms with Gasteiger partial charge in [-0.15, -0.1) is 0 Å². The lowest BCUT2D eigenvalue weighted by atomic mass is 10.2. The molecule has 1 unspecified atom stereocenters. The van der Waals surface area contributed by atoms with Gasteiger partial charge in [-0.1, -0.05) is 17.7 Å². The summed E-state index contributed by atoms with van der Waals surface area (Å²) in [7, 11) is 0. The van der Waals surface area contributed by atoms with Crippen molar-refractivity contribution < 1.29 is 9.90 Å². The van der Waals surface area contributed by atoms with Gasteiger partial charge in [-0.25, -0.2) is 4.98 Å². The van der Waals surface area contributed by atoms with Crippen molar-refractivity contribution in [3.05, 3.63) is 41.9 Å². The van der Waals surface area contributed by atoms with Gasteiger partial charge in [0, 0.05) is 18.8 Å². The van der Waals surface area contributed by atoms with E-state index in [9.17, 15) is 9.90 Å². The molecule has 6 heteroatoms. The second-order valence-corrected chi connectivity index (χ2v) is 4.95. The van der Waals surface area contributed by atoms with Crippen LogP contribution in [0.4, 0.5) is 5.69 Å². The third kappa shape index (κ3) is 3.59. The van der Waals surface area contributed by atoms with Gasteiger partial charge in [0.25, 0.3) is 0 Å². The SMILES string of the molecule is CC(O)CCC(=O)Nc1cccc(Cl)c1-n1ccnc1. The number of carbonyl (C=O) groups excluding carboxylic acids is 1. The topological polar surface area (TPSA) is 67.2 Å². The maximum absolute atomic E-state index is 11.9. The molecule has 0 aliphatic carbocycles. The predicted molar refractivity (Wildman–Crippen MR) is 78.1 cm³/mol. The van der Waals surface area contributed by atoms with Gasteiger partial charge in [0.05, 0.1) is 28.8 Å². The van der Waals surface area contributed by atoms with Crippen molar-refractivity contribution in [3.8, 4) is 5.69 Å². The molecule has 106 valence electrons. The summed E-state index contributed by atoms with van der Waals surface area (Å²) < 4.78 is 1.74. The lowest BCUT2D eigenvalue weighted by molar-refractivity contribution is -0.116. The number of benzene rings is 1. The first kappa shape index (κ1) is 14.6. The number of carbonyl (C=O) groups is 1. The summed E-state index contributed by atoms with van der Waals surface area (Å²) in [6.07, 6.45) is 5.20. The summed E-state index contributed by atoms with van der Waals surface area (Å²) in [6.45, 7) is 1.66. The summed E-state index contributed by atoms with van der Waals surface area (Å²) in [6, 6.07) is 5.30. The van der Waals surface area contributed by atoms with Crippen molar-refractivity contribution in [2.24, 2.45) is 0 Å². The van der Waals surface area contributed by atoms with Crippen molar-refractivity contribution in [1.29, 1.82) is 0 Å². The number of amides is 1. The van der Waals surface area contributed by atoms with E-state index in [2.05, 4.69) is 10.3 Å². The standard InChI is InChI=1S/C14H16ClN3O2/c1-10(19)5-6-13(20)17-12-4-2-3-11(15)14(12)18-8-7-16-9-18/h2-4,7-10,19H,5-6H2,1H3,(H,17,20). The molecule has 1 aromatic carbocycles. The molecule has 20 heavy (non-hydrogen) atoms. The van der Waals surface area contributed by atoms with Crippen LogP contribution in [0.1, 0.15) is 19.8 Å². The third-order valence-electron chi connectivity index (χ3n) is 2.81. The Hall–Kier alpha value is -1.85. The van der Waals surface area contributed by atoms with Gasteiger partial charge < -0.3 is 15.0 Å². The lowest BCUT2D eigenvalue weighted by Crippen LogP contribution is -2.15. The Morgan fingerprint density at radius 1 is 1.55 bits per heavy atom. The summed E-state index contributed by atoms with van der Waals surface area (Å²) >= 11 is 6.19. The minimum atomic E-state index is -0.492. The smallest absolute Gasteiger partial charge is 0.224 e. The fourth-order valence-electron chi connectivity index (χ4n) is 1.82. The molecule has 0 saturated carbocycles. The molecule has 0 radical (unpaired) electrons. The Labute approximate surface area is 122 Å². The molecule has 0 saturated heterocycles. The van der Waals surface area contributed by atoms with Crippen molar-refractivity contribution in [2.45, 2.75) is 25.9 Å². The molecule has 2 N–H and O–H groups in total. The Bertz CT molecular complexity index is 582. The van der Waals surface area contributed by atoms with Crippen LogP contribution in [-0.2, 0) is 4.79 Å². The molecule has 0 aliphatic heterocycles. The minimum Gasteiger partial charge on any atom is -0.393 e. The van der Waals surface area contributed by atoms with E-state index in [1.165, 1.54) is 0 Å². The van der Waals surface area contributed by atoms with Gasteiger partial charge in [0.15, 0.2) is 0 Å². The van der Waals surface area contributed by atoms with Crippen LogP contribution >= 0.6 is 11.6 Å². The number of imidazole rings is 1. The number of aromatic nitrogens is 2. The highest BCUT2D eigenvalue weighted by molar-refractivity contribution is 6.33. The number of para-hydroxylation sites is 1. The highest BCUT2D eigenvalue weighted by atomic mass is 35.5. The molecule has 0 spiro atoms. The molecule has 2 rings (SSSR count). The molecule has 2 aromatic rings. The first-order chi connectivity index (χ1) is 9.58. The fraction of sp³-hybridized carbons (Fsp3) is 0.286. The molecule has 1 heterocycles. The molecular weight excluding hydrogens is 278 g/mol. The summed E-state index contributed by atoms with van der Waals surface area (Å²) in [5, 5.41) is 12.5. The van der Waals surface area contributed by atoms with E-state index in [0.29, 0.717) is 22.8 Å². The quantitative estimate of drug-likeness (QED) is 0.890. The van der Waals surface area contributed by atoms with Crippen molar-refractivity contribution in [1.82, 2.24) is 9.55 Å². The third-order valence-corrected chi connectivity index (χ3v) is 3.12. The Kier molecular flexibility index (Phi) is 4.76. The zero-order chi connectivity index (χ0) is 14.5. The zero-order valence-corrected chi connectivity index (χ0v) is 11.8. The lowest BCUT2D eigenvalue weighted by Gasteiger charge is -2.13. The molecule has 5 nitrogen and oxygen atoms in total. The van der Waals surface area contributed by atoms with Crippen LogP contribution < -0.4 is 5.32 Å². The van der Waals surface area contributed by atoms with E-state index < -0.39 is 6.10 Å². The average Bonchev–Trinajstić information content (AvgIpc) is 2.90. The largest absolute Gasteiger partial charge is 0.393 e. The van der Waals surface area contributed by atoms with Crippen LogP contribution in [0, 0.1) is 0 Å². The van der Waals surface area contributed by atoms with Crippen molar-refractivity contribution >= 4 is 23.2 Å². The second kappa shape index (κ2) is 6.54. The number of aliphatic hydroxyl groups is 1. The van der Waals surface area contributed by atoms with Crippen LogP contribution in [0.25, 0.3) is 5.69 Å². The predicted octanol–water partition coefficient (Wildman–Crippen LogP) is 2.63. The number of rotatable bonds is 5. The number of halogens is 1. The zero-order valence-electron chi connectivity index (χ0n) is 11.1. The Morgan fingerprint density at radius 2 is 2.35 bits per heavy atom. The summed E-state index contributed by atoms with van der Waals surface area (Å²) in [4.78, 5) is 15.8. The number of aliphatic hydroxyl groups excluding tert-OH is 1. The van der Waals surface area contributed by atoms with Crippen LogP contribution in [-0.4, -0.2) is 26.7 Å². The molecule has 0 fully saturated rings. The van der Waals surface area contributed by atoms with Crippen LogP contribution in [0.3, 0.4) is 0 Å². The number of hydrogen-bond donors (Lipinski definition) is 2.